The Morgan fingerprint density at radius 2 is 2.13 bits per heavy atom. The summed E-state index contributed by atoms with van der Waals surface area (Å²) < 4.78 is 5.13. The Bertz CT molecular complexity index is 775. The number of nitrogens with zero attached hydrogens (tertiary/aromatic N) is 2. The van der Waals surface area contributed by atoms with Crippen LogP contribution in [0.15, 0.2) is 36.5 Å². The molecule has 2 aromatic rings. The molecule has 0 atom stereocenters. The van der Waals surface area contributed by atoms with Crippen LogP contribution < -0.4 is 15.8 Å². The van der Waals surface area contributed by atoms with E-state index >= 15 is 0 Å². The minimum absolute atomic E-state index is 0.0152. The van der Waals surface area contributed by atoms with E-state index in [0.717, 1.165) is 16.9 Å². The maximum absolute atomic E-state index is 11.8. The highest BCUT2D eigenvalue weighted by Gasteiger charge is 2.07. The molecule has 1 aromatic heterocycles. The third-order valence-corrected chi connectivity index (χ3v) is 3.52. The zero-order chi connectivity index (χ0) is 16.7. The lowest BCUT2D eigenvalue weighted by Gasteiger charge is -2.01. The zero-order valence-electron chi connectivity index (χ0n) is 11.9. The van der Waals surface area contributed by atoms with Gasteiger partial charge in [-0.15, -0.1) is 0 Å². The number of carbonyl (C=O) groups excluding carboxylic acids is 2. The number of thiazole rings is 1. The van der Waals surface area contributed by atoms with Crippen molar-refractivity contribution in [2.24, 2.45) is 5.73 Å². The SMILES string of the molecule is N#CCOc1ccc(/C=C/C(=O)Nc2ncc(C(N)=O)s2)cc1. The van der Waals surface area contributed by atoms with Crippen LogP contribution in [0.5, 0.6) is 5.75 Å². The Kier molecular flexibility index (Phi) is 5.44. The lowest BCUT2D eigenvalue weighted by molar-refractivity contribution is -0.111. The molecule has 0 spiro atoms. The Labute approximate surface area is 136 Å². The van der Waals surface area contributed by atoms with Crippen molar-refractivity contribution in [3.63, 3.8) is 0 Å². The monoisotopic (exact) mass is 328 g/mol. The first-order valence-corrected chi connectivity index (χ1v) is 7.24. The molecule has 2 amide bonds. The number of ether oxygens (including phenoxy) is 1. The number of hydrogen-bond donors (Lipinski definition) is 2. The highest BCUT2D eigenvalue weighted by Crippen LogP contribution is 2.17. The van der Waals surface area contributed by atoms with Gasteiger partial charge in [0.05, 0.1) is 6.20 Å². The van der Waals surface area contributed by atoms with E-state index in [0.29, 0.717) is 10.9 Å². The number of carbonyl (C=O) groups is 2. The van der Waals surface area contributed by atoms with Crippen molar-refractivity contribution in [1.29, 1.82) is 5.26 Å². The first kappa shape index (κ1) is 16.2. The third kappa shape index (κ3) is 4.94. The Morgan fingerprint density at radius 3 is 2.74 bits per heavy atom. The van der Waals surface area contributed by atoms with Crippen LogP contribution in [-0.4, -0.2) is 23.4 Å². The molecule has 0 aliphatic heterocycles. The Hall–Kier alpha value is -3.18. The van der Waals surface area contributed by atoms with Gasteiger partial charge in [-0.3, -0.25) is 14.9 Å². The average Bonchev–Trinajstić information content (AvgIpc) is 3.00. The van der Waals surface area contributed by atoms with Crippen molar-refractivity contribution in [3.8, 4) is 11.8 Å². The first-order valence-electron chi connectivity index (χ1n) is 6.43. The molecule has 0 bridgehead atoms. The van der Waals surface area contributed by atoms with Crippen LogP contribution in [0.3, 0.4) is 0 Å². The molecule has 0 radical (unpaired) electrons. The zero-order valence-corrected chi connectivity index (χ0v) is 12.7. The van der Waals surface area contributed by atoms with Crippen molar-refractivity contribution < 1.29 is 14.3 Å². The summed E-state index contributed by atoms with van der Waals surface area (Å²) in [5.74, 6) is -0.382. The lowest BCUT2D eigenvalue weighted by Crippen LogP contribution is -2.08. The second-order valence-electron chi connectivity index (χ2n) is 4.23. The number of aromatic nitrogens is 1. The van der Waals surface area contributed by atoms with E-state index < -0.39 is 5.91 Å². The predicted octanol–water partition coefficient (Wildman–Crippen LogP) is 1.80. The van der Waals surface area contributed by atoms with Crippen molar-refractivity contribution in [2.75, 3.05) is 11.9 Å². The number of rotatable bonds is 6. The second-order valence-corrected chi connectivity index (χ2v) is 5.26. The van der Waals surface area contributed by atoms with Crippen LogP contribution >= 0.6 is 11.3 Å². The van der Waals surface area contributed by atoms with Crippen LogP contribution in [0.1, 0.15) is 15.2 Å². The summed E-state index contributed by atoms with van der Waals surface area (Å²) in [6, 6.07) is 8.80. The van der Waals surface area contributed by atoms with Gasteiger partial charge in [0.15, 0.2) is 11.7 Å². The van der Waals surface area contributed by atoms with Gasteiger partial charge in [-0.1, -0.05) is 23.5 Å². The standard InChI is InChI=1S/C15H12N4O3S/c16-7-8-22-11-4-1-10(2-5-11)3-6-13(20)19-15-18-9-12(23-15)14(17)21/h1-6,9H,8H2,(H2,17,21)(H,18,19,20)/b6-3+. The molecule has 8 heteroatoms. The molecule has 1 heterocycles. The van der Waals surface area contributed by atoms with E-state index in [9.17, 15) is 9.59 Å². The normalized spacial score (nSPS) is 10.2. The number of nitrogens with two attached hydrogens (primary N) is 1. The molecule has 116 valence electrons. The van der Waals surface area contributed by atoms with Crippen molar-refractivity contribution >= 4 is 34.4 Å². The molecule has 23 heavy (non-hydrogen) atoms. The van der Waals surface area contributed by atoms with Gasteiger partial charge in [-0.2, -0.15) is 5.26 Å². The number of benzene rings is 1. The van der Waals surface area contributed by atoms with E-state index in [1.165, 1.54) is 12.3 Å². The van der Waals surface area contributed by atoms with Crippen molar-refractivity contribution in [3.05, 3.63) is 47.0 Å². The van der Waals surface area contributed by atoms with Crippen molar-refractivity contribution in [2.45, 2.75) is 0 Å². The molecule has 3 N–H and O–H groups in total. The second kappa shape index (κ2) is 7.72. The van der Waals surface area contributed by atoms with Gasteiger partial charge in [0.1, 0.15) is 16.7 Å². The largest absolute Gasteiger partial charge is 0.479 e. The highest BCUT2D eigenvalue weighted by atomic mass is 32.1. The van der Waals surface area contributed by atoms with Crippen LogP contribution in [-0.2, 0) is 4.79 Å². The van der Waals surface area contributed by atoms with Gasteiger partial charge in [0.25, 0.3) is 5.91 Å². The summed E-state index contributed by atoms with van der Waals surface area (Å²) >= 11 is 1.01. The Morgan fingerprint density at radius 1 is 1.39 bits per heavy atom. The fraction of sp³-hybridized carbons (Fsp3) is 0.0667. The fourth-order valence-electron chi connectivity index (χ4n) is 1.56. The number of anilines is 1. The van der Waals surface area contributed by atoms with Gasteiger partial charge in [-0.25, -0.2) is 4.98 Å². The van der Waals surface area contributed by atoms with Gasteiger partial charge in [0, 0.05) is 6.08 Å². The average molecular weight is 328 g/mol. The number of hydrogen-bond acceptors (Lipinski definition) is 6. The third-order valence-electron chi connectivity index (χ3n) is 2.59. The van der Waals surface area contributed by atoms with E-state index in [2.05, 4.69) is 10.3 Å². The molecule has 1 aromatic carbocycles. The smallest absolute Gasteiger partial charge is 0.260 e. The van der Waals surface area contributed by atoms with E-state index in [-0.39, 0.29) is 17.4 Å². The molecule has 0 saturated carbocycles. The van der Waals surface area contributed by atoms with Crippen LogP contribution in [0.4, 0.5) is 5.13 Å². The summed E-state index contributed by atoms with van der Waals surface area (Å²) in [7, 11) is 0. The van der Waals surface area contributed by atoms with Crippen LogP contribution in [0.2, 0.25) is 0 Å². The number of primary amides is 1. The summed E-state index contributed by atoms with van der Waals surface area (Å²) in [6.45, 7) is -0.0152. The van der Waals surface area contributed by atoms with Crippen LogP contribution in [0, 0.1) is 11.3 Å². The Balaban J connectivity index is 1.92. The topological polar surface area (TPSA) is 118 Å². The number of amides is 2. The quantitative estimate of drug-likeness (QED) is 0.784. The molecular formula is C15H12N4O3S. The summed E-state index contributed by atoms with van der Waals surface area (Å²) in [5, 5.41) is 11.3. The molecule has 0 unspecified atom stereocenters. The molecule has 7 nitrogen and oxygen atoms in total. The highest BCUT2D eigenvalue weighted by molar-refractivity contribution is 7.17. The maximum atomic E-state index is 11.8. The molecule has 0 saturated heterocycles. The van der Waals surface area contributed by atoms with Gasteiger partial charge < -0.3 is 10.5 Å². The number of nitrogens with one attached hydrogen (secondary N) is 1. The van der Waals surface area contributed by atoms with Gasteiger partial charge in [-0.05, 0) is 23.8 Å². The van der Waals surface area contributed by atoms with E-state index in [4.69, 9.17) is 15.7 Å². The number of nitriles is 1. The molecule has 0 aliphatic carbocycles. The van der Waals surface area contributed by atoms with Gasteiger partial charge in [0.2, 0.25) is 5.91 Å². The maximum Gasteiger partial charge on any atom is 0.260 e. The van der Waals surface area contributed by atoms with E-state index in [1.807, 2.05) is 6.07 Å². The van der Waals surface area contributed by atoms with Gasteiger partial charge >= 0.3 is 0 Å². The van der Waals surface area contributed by atoms with E-state index in [1.54, 1.807) is 30.3 Å². The molecular weight excluding hydrogens is 316 g/mol. The molecule has 0 aliphatic rings. The lowest BCUT2D eigenvalue weighted by atomic mass is 10.2. The molecule has 0 fully saturated rings. The summed E-state index contributed by atoms with van der Waals surface area (Å²) in [6.07, 6.45) is 4.27. The minimum atomic E-state index is -0.586. The predicted molar refractivity (Wildman–Crippen MR) is 85.8 cm³/mol. The first-order chi connectivity index (χ1) is 11.1. The molecule has 2 rings (SSSR count). The minimum Gasteiger partial charge on any atom is -0.479 e. The van der Waals surface area contributed by atoms with Crippen LogP contribution in [0.25, 0.3) is 6.08 Å². The summed E-state index contributed by atoms with van der Waals surface area (Å²) in [4.78, 5) is 26.9. The fourth-order valence-corrected chi connectivity index (χ4v) is 2.23. The summed E-state index contributed by atoms with van der Waals surface area (Å²) in [5.41, 5.74) is 5.90. The van der Waals surface area contributed by atoms with Crippen molar-refractivity contribution in [1.82, 2.24) is 4.98 Å².